The third-order valence-corrected chi connectivity index (χ3v) is 6.62. The van der Waals surface area contributed by atoms with Crippen LogP contribution in [-0.4, -0.2) is 62.3 Å². The molecule has 7 nitrogen and oxygen atoms in total. The molecule has 0 saturated carbocycles. The molecule has 2 aromatic rings. The van der Waals surface area contributed by atoms with Gasteiger partial charge in [-0.25, -0.2) is 9.48 Å². The molecule has 1 atom stereocenters. The molecule has 2 aliphatic heterocycles. The summed E-state index contributed by atoms with van der Waals surface area (Å²) in [5.41, 5.74) is 3.31. The van der Waals surface area contributed by atoms with Crippen molar-refractivity contribution < 1.29 is 4.79 Å². The van der Waals surface area contributed by atoms with E-state index < -0.39 is 0 Å². The quantitative estimate of drug-likeness (QED) is 0.773. The van der Waals surface area contributed by atoms with E-state index in [1.54, 1.807) is 9.25 Å². The lowest BCUT2D eigenvalue weighted by molar-refractivity contribution is -0.135. The fourth-order valence-corrected chi connectivity index (χ4v) is 4.66. The summed E-state index contributed by atoms with van der Waals surface area (Å²) in [6, 6.07) is 6.77. The molecule has 2 aliphatic rings. The predicted octanol–water partition coefficient (Wildman–Crippen LogP) is 2.14. The molecule has 1 aromatic heterocycles. The molecule has 3 heterocycles. The van der Waals surface area contributed by atoms with Crippen LogP contribution in [0, 0.1) is 13.8 Å². The fraction of sp³-hybridized carbons (Fsp3) is 0.609. The molecule has 1 aromatic carbocycles. The van der Waals surface area contributed by atoms with Crippen LogP contribution in [0.2, 0.25) is 0 Å². The number of aryl methyl sites for hydroxylation is 2. The molecule has 1 amide bonds. The average Bonchev–Trinajstić information content (AvgIpc) is 3.06. The number of fused-ring (bicyclic) bond motifs is 1. The van der Waals surface area contributed by atoms with E-state index >= 15 is 0 Å². The molecule has 1 fully saturated rings. The minimum Gasteiger partial charge on any atom is -0.339 e. The van der Waals surface area contributed by atoms with Crippen LogP contribution in [0.4, 0.5) is 0 Å². The molecule has 0 spiro atoms. The zero-order chi connectivity index (χ0) is 21.4. The number of benzene rings is 1. The maximum absolute atomic E-state index is 13.3. The number of aromatic nitrogens is 3. The van der Waals surface area contributed by atoms with Gasteiger partial charge in [0.15, 0.2) is 0 Å². The van der Waals surface area contributed by atoms with E-state index in [-0.39, 0.29) is 17.5 Å². The van der Waals surface area contributed by atoms with Gasteiger partial charge in [0, 0.05) is 38.8 Å². The lowest BCUT2D eigenvalue weighted by atomic mass is 9.97. The van der Waals surface area contributed by atoms with Crippen molar-refractivity contribution in [3.8, 4) is 0 Å². The van der Waals surface area contributed by atoms with Crippen LogP contribution in [-0.2, 0) is 17.9 Å². The summed E-state index contributed by atoms with van der Waals surface area (Å²) in [4.78, 5) is 30.7. The summed E-state index contributed by atoms with van der Waals surface area (Å²) in [6.45, 7) is 12.9. The van der Waals surface area contributed by atoms with Gasteiger partial charge in [0.25, 0.3) is 0 Å². The number of piperazine rings is 1. The van der Waals surface area contributed by atoms with Gasteiger partial charge in [-0.3, -0.25) is 14.3 Å². The number of hydrogen-bond acceptors (Lipinski definition) is 4. The highest BCUT2D eigenvalue weighted by Gasteiger charge is 2.35. The highest BCUT2D eigenvalue weighted by atomic mass is 16.2. The Kier molecular flexibility index (Phi) is 5.82. The molecule has 0 N–H and O–H groups in total. The van der Waals surface area contributed by atoms with Crippen LogP contribution >= 0.6 is 0 Å². The second-order valence-corrected chi connectivity index (χ2v) is 9.03. The molecule has 7 heteroatoms. The van der Waals surface area contributed by atoms with Crippen LogP contribution in [0.3, 0.4) is 0 Å². The van der Waals surface area contributed by atoms with Crippen molar-refractivity contribution in [2.24, 2.45) is 0 Å². The summed E-state index contributed by atoms with van der Waals surface area (Å²) in [7, 11) is 0. The first-order chi connectivity index (χ1) is 14.3. The van der Waals surface area contributed by atoms with Crippen molar-refractivity contribution in [2.75, 3.05) is 26.2 Å². The van der Waals surface area contributed by atoms with Gasteiger partial charge in [0.05, 0.1) is 12.5 Å². The summed E-state index contributed by atoms with van der Waals surface area (Å²) < 4.78 is 3.26. The third kappa shape index (κ3) is 3.95. The maximum atomic E-state index is 13.3. The van der Waals surface area contributed by atoms with Crippen molar-refractivity contribution in [3.05, 3.63) is 51.2 Å². The summed E-state index contributed by atoms with van der Waals surface area (Å²) >= 11 is 0. The van der Waals surface area contributed by atoms with Crippen LogP contribution < -0.4 is 5.69 Å². The van der Waals surface area contributed by atoms with Crippen molar-refractivity contribution in [1.29, 1.82) is 0 Å². The summed E-state index contributed by atoms with van der Waals surface area (Å²) in [5, 5.41) is 4.67. The van der Waals surface area contributed by atoms with E-state index in [2.05, 4.69) is 55.9 Å². The van der Waals surface area contributed by atoms with Gasteiger partial charge in [-0.05, 0) is 51.7 Å². The van der Waals surface area contributed by atoms with Gasteiger partial charge in [-0.2, -0.15) is 5.10 Å². The van der Waals surface area contributed by atoms with Crippen LogP contribution in [0.5, 0.6) is 0 Å². The van der Waals surface area contributed by atoms with Gasteiger partial charge in [0.2, 0.25) is 5.91 Å². The first kappa shape index (κ1) is 20.8. The Hall–Kier alpha value is -2.41. The molecule has 4 rings (SSSR count). The summed E-state index contributed by atoms with van der Waals surface area (Å²) in [5.74, 6) is 0.466. The minimum absolute atomic E-state index is 0.104. The van der Waals surface area contributed by atoms with Gasteiger partial charge < -0.3 is 4.90 Å². The Morgan fingerprint density at radius 2 is 1.87 bits per heavy atom. The van der Waals surface area contributed by atoms with Gasteiger partial charge in [-0.1, -0.05) is 23.8 Å². The number of carbonyl (C=O) groups excluding carboxylic acids is 1. The average molecular weight is 412 g/mol. The van der Waals surface area contributed by atoms with Gasteiger partial charge in [0.1, 0.15) is 5.82 Å². The number of amides is 1. The Bertz CT molecular complexity index is 982. The zero-order valence-corrected chi connectivity index (χ0v) is 18.6. The molecule has 30 heavy (non-hydrogen) atoms. The lowest BCUT2D eigenvalue weighted by Gasteiger charge is -2.38. The monoisotopic (exact) mass is 411 g/mol. The second kappa shape index (κ2) is 8.38. The van der Waals surface area contributed by atoms with Gasteiger partial charge in [-0.15, -0.1) is 0 Å². The highest BCUT2D eigenvalue weighted by molar-refractivity contribution is 5.83. The Morgan fingerprint density at radius 3 is 2.57 bits per heavy atom. The SMILES string of the molecule is Cc1ccc(C)c(Cn2nc3n(c2=O)CCCC3C(=O)N2CCN(C(C)C)CC2)c1. The van der Waals surface area contributed by atoms with Crippen LogP contribution in [0.15, 0.2) is 23.0 Å². The highest BCUT2D eigenvalue weighted by Crippen LogP contribution is 2.27. The van der Waals surface area contributed by atoms with E-state index in [1.807, 2.05) is 4.90 Å². The van der Waals surface area contributed by atoms with Gasteiger partial charge >= 0.3 is 5.69 Å². The number of rotatable bonds is 4. The smallest absolute Gasteiger partial charge is 0.339 e. The minimum atomic E-state index is -0.308. The van der Waals surface area contributed by atoms with Crippen molar-refractivity contribution in [2.45, 2.75) is 65.6 Å². The predicted molar refractivity (Wildman–Crippen MR) is 117 cm³/mol. The topological polar surface area (TPSA) is 63.4 Å². The van der Waals surface area contributed by atoms with Crippen LogP contribution in [0.25, 0.3) is 0 Å². The Morgan fingerprint density at radius 1 is 1.13 bits per heavy atom. The normalized spacial score (nSPS) is 19.9. The van der Waals surface area contributed by atoms with Crippen molar-refractivity contribution in [3.63, 3.8) is 0 Å². The zero-order valence-electron chi connectivity index (χ0n) is 18.6. The van der Waals surface area contributed by atoms with Crippen molar-refractivity contribution >= 4 is 5.91 Å². The first-order valence-corrected chi connectivity index (χ1v) is 11.1. The molecule has 1 saturated heterocycles. The number of nitrogens with zero attached hydrogens (tertiary/aromatic N) is 5. The molecule has 1 unspecified atom stereocenters. The molecule has 0 bridgehead atoms. The molecule has 0 radical (unpaired) electrons. The number of hydrogen-bond donors (Lipinski definition) is 0. The first-order valence-electron chi connectivity index (χ1n) is 11.1. The van der Waals surface area contributed by atoms with E-state index in [0.717, 1.165) is 50.1 Å². The third-order valence-electron chi connectivity index (χ3n) is 6.62. The Balaban J connectivity index is 1.56. The molecule has 162 valence electrons. The summed E-state index contributed by atoms with van der Waals surface area (Å²) in [6.07, 6.45) is 1.60. The number of carbonyl (C=O) groups is 1. The maximum Gasteiger partial charge on any atom is 0.346 e. The lowest BCUT2D eigenvalue weighted by Crippen LogP contribution is -2.52. The van der Waals surface area contributed by atoms with E-state index in [4.69, 9.17) is 0 Å². The Labute approximate surface area is 178 Å². The van der Waals surface area contributed by atoms with E-state index in [1.165, 1.54) is 5.56 Å². The molecular formula is C23H33N5O2. The van der Waals surface area contributed by atoms with Crippen molar-refractivity contribution in [1.82, 2.24) is 24.1 Å². The standard InChI is InChI=1S/C23H33N5O2/c1-16(2)25-10-12-26(13-11-25)22(29)20-6-5-9-27-21(20)24-28(23(27)30)15-19-14-17(3)7-8-18(19)4/h7-8,14,16,20H,5-6,9-13,15H2,1-4H3. The molecule has 0 aliphatic carbocycles. The fourth-order valence-electron chi connectivity index (χ4n) is 4.66. The van der Waals surface area contributed by atoms with Crippen LogP contribution in [0.1, 0.15) is 55.1 Å². The second-order valence-electron chi connectivity index (χ2n) is 9.03. The largest absolute Gasteiger partial charge is 0.346 e. The van der Waals surface area contributed by atoms with E-state index in [0.29, 0.717) is 25.0 Å². The van der Waals surface area contributed by atoms with E-state index in [9.17, 15) is 9.59 Å². The molecular weight excluding hydrogens is 378 g/mol.